The lowest BCUT2D eigenvalue weighted by molar-refractivity contribution is 0.0816. The molecule has 3 aromatic heterocycles. The van der Waals surface area contributed by atoms with Crippen LogP contribution in [0.4, 0.5) is 17.6 Å². The van der Waals surface area contributed by atoms with Crippen molar-refractivity contribution in [3.8, 4) is 0 Å². The van der Waals surface area contributed by atoms with Gasteiger partial charge in [0.2, 0.25) is 5.95 Å². The Morgan fingerprint density at radius 1 is 1.08 bits per heavy atom. The van der Waals surface area contributed by atoms with Crippen molar-refractivity contribution >= 4 is 28.6 Å². The van der Waals surface area contributed by atoms with Crippen molar-refractivity contribution in [2.24, 2.45) is 0 Å². The second-order valence-electron chi connectivity index (χ2n) is 9.98. The molecule has 5 rings (SSSR count). The molecular weight excluding hydrogens is 470 g/mol. The Labute approximate surface area is 218 Å². The Kier molecular flexibility index (Phi) is 8.45. The standard InChI is InChI=1S/C26H39N9O2/c1-19(2)35-22-16-24(31-23-4-7-28-26(32-23)34-10-5-20(36-3)6-11-34)29-17-21(22)30-25(35)18-37-15-14-33-12-8-27-9-13-33/h4,7,16-17,19-20,27H,5-6,8-15,18H2,1-3H3,(H,28,29,31,32). The van der Waals surface area contributed by atoms with Gasteiger partial charge in [-0.3, -0.25) is 4.90 Å². The van der Waals surface area contributed by atoms with Gasteiger partial charge >= 0.3 is 0 Å². The number of aromatic nitrogens is 5. The average Bonchev–Trinajstić information content (AvgIpc) is 3.30. The Balaban J connectivity index is 1.26. The fourth-order valence-electron chi connectivity index (χ4n) is 5.08. The highest BCUT2D eigenvalue weighted by molar-refractivity contribution is 5.79. The molecule has 0 unspecified atom stereocenters. The van der Waals surface area contributed by atoms with Gasteiger partial charge in [0.05, 0.1) is 24.4 Å². The van der Waals surface area contributed by atoms with Crippen LogP contribution in [0.25, 0.3) is 11.0 Å². The molecule has 2 aliphatic heterocycles. The first-order chi connectivity index (χ1) is 18.1. The number of piperazine rings is 1. The highest BCUT2D eigenvalue weighted by Gasteiger charge is 2.21. The van der Waals surface area contributed by atoms with Crippen LogP contribution in [0.5, 0.6) is 0 Å². The van der Waals surface area contributed by atoms with Gasteiger partial charge in [-0.2, -0.15) is 4.98 Å². The molecule has 5 heterocycles. The molecule has 0 aliphatic carbocycles. The van der Waals surface area contributed by atoms with Crippen LogP contribution in [-0.2, 0) is 16.1 Å². The van der Waals surface area contributed by atoms with Gasteiger partial charge in [0.15, 0.2) is 0 Å². The molecule has 3 aromatic rings. The second kappa shape index (κ2) is 12.1. The predicted molar refractivity (Wildman–Crippen MR) is 144 cm³/mol. The highest BCUT2D eigenvalue weighted by atomic mass is 16.5. The number of fused-ring (bicyclic) bond motifs is 1. The summed E-state index contributed by atoms with van der Waals surface area (Å²) in [6.07, 6.45) is 5.90. The maximum absolute atomic E-state index is 6.04. The van der Waals surface area contributed by atoms with Crippen LogP contribution in [0.15, 0.2) is 24.5 Å². The minimum atomic E-state index is 0.243. The largest absolute Gasteiger partial charge is 0.381 e. The average molecular weight is 510 g/mol. The number of methoxy groups -OCH3 is 1. The van der Waals surface area contributed by atoms with E-state index in [0.717, 1.165) is 93.1 Å². The van der Waals surface area contributed by atoms with Crippen molar-refractivity contribution in [1.29, 1.82) is 0 Å². The molecule has 0 aromatic carbocycles. The van der Waals surface area contributed by atoms with Crippen molar-refractivity contribution < 1.29 is 9.47 Å². The summed E-state index contributed by atoms with van der Waals surface area (Å²) in [5, 5.41) is 6.75. The van der Waals surface area contributed by atoms with Crippen LogP contribution in [0.2, 0.25) is 0 Å². The first kappa shape index (κ1) is 25.8. The third-order valence-corrected chi connectivity index (χ3v) is 7.12. The summed E-state index contributed by atoms with van der Waals surface area (Å²) >= 11 is 0. The van der Waals surface area contributed by atoms with E-state index in [9.17, 15) is 0 Å². The molecule has 0 radical (unpaired) electrons. The van der Waals surface area contributed by atoms with E-state index in [0.29, 0.717) is 19.3 Å². The van der Waals surface area contributed by atoms with Gasteiger partial charge in [-0.15, -0.1) is 0 Å². The van der Waals surface area contributed by atoms with E-state index in [1.54, 1.807) is 13.3 Å². The van der Waals surface area contributed by atoms with Crippen molar-refractivity contribution in [2.75, 3.05) is 69.7 Å². The minimum absolute atomic E-state index is 0.243. The molecule has 0 saturated carbocycles. The Morgan fingerprint density at radius 2 is 1.89 bits per heavy atom. The quantitative estimate of drug-likeness (QED) is 0.396. The zero-order valence-corrected chi connectivity index (χ0v) is 22.2. The number of ether oxygens (including phenoxy) is 2. The Hall–Kier alpha value is -2.86. The van der Waals surface area contributed by atoms with E-state index in [1.165, 1.54) is 0 Å². The minimum Gasteiger partial charge on any atom is -0.381 e. The zero-order chi connectivity index (χ0) is 25.6. The Bertz CT molecular complexity index is 1150. The van der Waals surface area contributed by atoms with E-state index in [-0.39, 0.29) is 6.04 Å². The number of hydrogen-bond donors (Lipinski definition) is 2. The number of anilines is 3. The lowest BCUT2D eigenvalue weighted by Crippen LogP contribution is -2.44. The van der Waals surface area contributed by atoms with Crippen LogP contribution in [-0.4, -0.2) is 95.0 Å². The molecule has 37 heavy (non-hydrogen) atoms. The van der Waals surface area contributed by atoms with E-state index in [1.807, 2.05) is 18.3 Å². The van der Waals surface area contributed by atoms with Gasteiger partial charge < -0.3 is 29.6 Å². The maximum atomic E-state index is 6.04. The first-order valence-corrected chi connectivity index (χ1v) is 13.4. The summed E-state index contributed by atoms with van der Waals surface area (Å²) in [6, 6.07) is 4.15. The van der Waals surface area contributed by atoms with Gasteiger partial charge in [-0.25, -0.2) is 15.0 Å². The van der Waals surface area contributed by atoms with Crippen LogP contribution in [0.1, 0.15) is 38.6 Å². The van der Waals surface area contributed by atoms with Crippen molar-refractivity contribution in [3.63, 3.8) is 0 Å². The molecule has 2 aliphatic rings. The van der Waals surface area contributed by atoms with Crippen LogP contribution >= 0.6 is 0 Å². The summed E-state index contributed by atoms with van der Waals surface area (Å²) in [6.45, 7) is 12.5. The molecule has 0 bridgehead atoms. The number of imidazole rings is 1. The zero-order valence-electron chi connectivity index (χ0n) is 22.2. The van der Waals surface area contributed by atoms with E-state index in [4.69, 9.17) is 19.4 Å². The molecule has 11 nitrogen and oxygen atoms in total. The van der Waals surface area contributed by atoms with Gasteiger partial charge in [0, 0.05) is 71.2 Å². The summed E-state index contributed by atoms with van der Waals surface area (Å²) in [5.74, 6) is 3.10. The normalized spacial score (nSPS) is 17.7. The number of nitrogens with zero attached hydrogens (tertiary/aromatic N) is 7. The number of hydrogen-bond acceptors (Lipinski definition) is 10. The fourth-order valence-corrected chi connectivity index (χ4v) is 5.08. The van der Waals surface area contributed by atoms with Crippen molar-refractivity contribution in [2.45, 2.75) is 45.4 Å². The lowest BCUT2D eigenvalue weighted by atomic mass is 10.1. The molecule has 11 heteroatoms. The Morgan fingerprint density at radius 3 is 2.65 bits per heavy atom. The molecule has 2 N–H and O–H groups in total. The summed E-state index contributed by atoms with van der Waals surface area (Å²) in [5.41, 5.74) is 1.90. The second-order valence-corrected chi connectivity index (χ2v) is 9.98. The number of rotatable bonds is 10. The third kappa shape index (κ3) is 6.35. The topological polar surface area (TPSA) is 105 Å². The molecule has 200 valence electrons. The van der Waals surface area contributed by atoms with Crippen molar-refractivity contribution in [1.82, 2.24) is 34.7 Å². The van der Waals surface area contributed by atoms with E-state index < -0.39 is 0 Å². The number of nitrogens with one attached hydrogen (secondary N) is 2. The maximum Gasteiger partial charge on any atom is 0.227 e. The summed E-state index contributed by atoms with van der Waals surface area (Å²) in [7, 11) is 1.78. The van der Waals surface area contributed by atoms with Crippen LogP contribution in [0, 0.1) is 0 Å². The van der Waals surface area contributed by atoms with Crippen LogP contribution in [0.3, 0.4) is 0 Å². The van der Waals surface area contributed by atoms with Gasteiger partial charge in [-0.1, -0.05) is 0 Å². The van der Waals surface area contributed by atoms with Crippen LogP contribution < -0.4 is 15.5 Å². The highest BCUT2D eigenvalue weighted by Crippen LogP contribution is 2.25. The first-order valence-electron chi connectivity index (χ1n) is 13.4. The van der Waals surface area contributed by atoms with Crippen molar-refractivity contribution in [3.05, 3.63) is 30.4 Å². The molecular formula is C26H39N9O2. The lowest BCUT2D eigenvalue weighted by Gasteiger charge is -2.31. The molecule has 2 saturated heterocycles. The molecule has 0 amide bonds. The van der Waals surface area contributed by atoms with Gasteiger partial charge in [-0.05, 0) is 32.8 Å². The third-order valence-electron chi connectivity index (χ3n) is 7.12. The fraction of sp³-hybridized carbons (Fsp3) is 0.615. The molecule has 0 spiro atoms. The van der Waals surface area contributed by atoms with E-state index >= 15 is 0 Å². The van der Waals surface area contributed by atoms with E-state index in [2.05, 4.69) is 48.8 Å². The SMILES string of the molecule is COC1CCN(c2nccc(Nc3cc4c(cn3)nc(COCCN3CCNCC3)n4C(C)C)n2)CC1. The predicted octanol–water partition coefficient (Wildman–Crippen LogP) is 2.58. The monoisotopic (exact) mass is 509 g/mol. The van der Waals surface area contributed by atoms with Gasteiger partial charge in [0.25, 0.3) is 0 Å². The molecule has 0 atom stereocenters. The smallest absolute Gasteiger partial charge is 0.227 e. The number of pyridine rings is 1. The summed E-state index contributed by atoms with van der Waals surface area (Å²) in [4.78, 5) is 23.3. The molecule has 2 fully saturated rings. The van der Waals surface area contributed by atoms with Gasteiger partial charge in [0.1, 0.15) is 29.6 Å². The summed E-state index contributed by atoms with van der Waals surface area (Å²) < 4.78 is 13.8. The number of piperidine rings is 1.